The summed E-state index contributed by atoms with van der Waals surface area (Å²) in [6.45, 7) is 0.111. The van der Waals surface area contributed by atoms with Crippen LogP contribution < -0.4 is 0 Å². The average Bonchev–Trinajstić information content (AvgIpc) is 2.97. The minimum absolute atomic E-state index is 0.0933. The Kier molecular flexibility index (Phi) is 4.76. The van der Waals surface area contributed by atoms with Crippen LogP contribution in [0, 0.1) is 0 Å². The third-order valence-electron chi connectivity index (χ3n) is 4.28. The predicted molar refractivity (Wildman–Crippen MR) is 84.5 cm³/mol. The summed E-state index contributed by atoms with van der Waals surface area (Å²) in [5.74, 6) is -0.244. The van der Waals surface area contributed by atoms with Gasteiger partial charge in [-0.2, -0.15) is 13.2 Å². The van der Waals surface area contributed by atoms with Gasteiger partial charge in [0.25, 0.3) is 0 Å². The molecule has 1 N–H and O–H groups in total. The predicted octanol–water partition coefficient (Wildman–Crippen LogP) is 2.98. The number of nitrogens with zero attached hydrogens (tertiary/aromatic N) is 2. The third-order valence-corrected chi connectivity index (χ3v) is 4.28. The monoisotopic (exact) mass is 350 g/mol. The normalized spacial score (nSPS) is 20.7. The lowest BCUT2D eigenvalue weighted by Crippen LogP contribution is -2.33. The van der Waals surface area contributed by atoms with Crippen LogP contribution in [0.15, 0.2) is 48.8 Å². The van der Waals surface area contributed by atoms with Gasteiger partial charge in [-0.15, -0.1) is 0 Å². The van der Waals surface area contributed by atoms with Crippen molar-refractivity contribution in [3.63, 3.8) is 0 Å². The quantitative estimate of drug-likeness (QED) is 0.926. The Morgan fingerprint density at radius 2 is 2.08 bits per heavy atom. The van der Waals surface area contributed by atoms with E-state index in [4.69, 9.17) is 0 Å². The van der Waals surface area contributed by atoms with Crippen LogP contribution >= 0.6 is 0 Å². The lowest BCUT2D eigenvalue weighted by molar-refractivity contribution is -0.137. The number of rotatable bonds is 3. The van der Waals surface area contributed by atoms with Gasteiger partial charge >= 0.3 is 6.18 Å². The standard InChI is InChI=1S/C18H17F3N2O2/c19-18(20,21)14-5-1-4-13(8-14)16-9-15(24)11-23(16)17(25)7-12-3-2-6-22-10-12/h1-6,8,10,15-16,24H,7,9,11H2/t15-,16-/m1/s1. The molecule has 0 bridgehead atoms. The molecule has 0 aliphatic carbocycles. The van der Waals surface area contributed by atoms with E-state index in [1.165, 1.54) is 11.0 Å². The Labute approximate surface area is 142 Å². The van der Waals surface area contributed by atoms with E-state index in [2.05, 4.69) is 4.98 Å². The highest BCUT2D eigenvalue weighted by molar-refractivity contribution is 5.79. The van der Waals surface area contributed by atoms with Crippen LogP contribution in [0.25, 0.3) is 0 Å². The molecule has 3 rings (SSSR count). The summed E-state index contributed by atoms with van der Waals surface area (Å²) >= 11 is 0. The van der Waals surface area contributed by atoms with Gasteiger partial charge in [0.15, 0.2) is 0 Å². The summed E-state index contributed by atoms with van der Waals surface area (Å²) in [7, 11) is 0. The van der Waals surface area contributed by atoms with Crippen LogP contribution in [0.2, 0.25) is 0 Å². The van der Waals surface area contributed by atoms with E-state index in [1.54, 1.807) is 30.6 Å². The van der Waals surface area contributed by atoms with E-state index < -0.39 is 23.9 Å². The number of carbonyl (C=O) groups is 1. The molecule has 1 aromatic heterocycles. The molecule has 1 aliphatic rings. The molecule has 2 heterocycles. The molecule has 1 fully saturated rings. The molecule has 4 nitrogen and oxygen atoms in total. The first-order valence-electron chi connectivity index (χ1n) is 7.88. The van der Waals surface area contributed by atoms with E-state index in [9.17, 15) is 23.1 Å². The molecule has 132 valence electrons. The van der Waals surface area contributed by atoms with Crippen molar-refractivity contribution in [2.24, 2.45) is 0 Å². The van der Waals surface area contributed by atoms with Crippen molar-refractivity contribution in [3.8, 4) is 0 Å². The second kappa shape index (κ2) is 6.84. The number of hydrogen-bond acceptors (Lipinski definition) is 3. The molecular formula is C18H17F3N2O2. The number of benzene rings is 1. The fraction of sp³-hybridized carbons (Fsp3) is 0.333. The zero-order valence-electron chi connectivity index (χ0n) is 13.3. The third kappa shape index (κ3) is 3.99. The van der Waals surface area contributed by atoms with Crippen LogP contribution in [0.1, 0.15) is 29.2 Å². The summed E-state index contributed by atoms with van der Waals surface area (Å²) < 4.78 is 38.8. The zero-order valence-corrected chi connectivity index (χ0v) is 13.3. The first-order valence-corrected chi connectivity index (χ1v) is 7.88. The lowest BCUT2D eigenvalue weighted by Gasteiger charge is -2.25. The van der Waals surface area contributed by atoms with Gasteiger partial charge in [-0.25, -0.2) is 0 Å². The Balaban J connectivity index is 1.83. The second-order valence-corrected chi connectivity index (χ2v) is 6.11. The average molecular weight is 350 g/mol. The molecule has 0 unspecified atom stereocenters. The van der Waals surface area contributed by atoms with E-state index in [-0.39, 0.29) is 25.3 Å². The van der Waals surface area contributed by atoms with Crippen molar-refractivity contribution < 1.29 is 23.1 Å². The van der Waals surface area contributed by atoms with Crippen molar-refractivity contribution in [2.75, 3.05) is 6.54 Å². The SMILES string of the molecule is O=C(Cc1cccnc1)N1C[C@H](O)C[C@@H]1c1cccc(C(F)(F)F)c1. The number of likely N-dealkylation sites (tertiary alicyclic amines) is 1. The van der Waals surface area contributed by atoms with Crippen molar-refractivity contribution in [3.05, 3.63) is 65.5 Å². The van der Waals surface area contributed by atoms with Gasteiger partial charge in [-0.05, 0) is 35.7 Å². The number of pyridine rings is 1. The van der Waals surface area contributed by atoms with Gasteiger partial charge in [0.05, 0.1) is 24.1 Å². The molecule has 0 saturated carbocycles. The molecule has 0 radical (unpaired) electrons. The summed E-state index contributed by atoms with van der Waals surface area (Å²) in [4.78, 5) is 18.0. The number of aliphatic hydroxyl groups is 1. The Hall–Kier alpha value is -2.41. The molecule has 2 atom stereocenters. The van der Waals surface area contributed by atoms with E-state index in [0.29, 0.717) is 5.56 Å². The number of carbonyl (C=O) groups excluding carboxylic acids is 1. The Morgan fingerprint density at radius 1 is 1.28 bits per heavy atom. The van der Waals surface area contributed by atoms with Gasteiger partial charge in [-0.3, -0.25) is 9.78 Å². The van der Waals surface area contributed by atoms with E-state index in [1.807, 2.05) is 0 Å². The largest absolute Gasteiger partial charge is 0.416 e. The van der Waals surface area contributed by atoms with Gasteiger partial charge in [0.2, 0.25) is 5.91 Å². The first kappa shape index (κ1) is 17.4. The summed E-state index contributed by atoms with van der Waals surface area (Å²) in [5, 5.41) is 9.95. The minimum atomic E-state index is -4.45. The molecule has 7 heteroatoms. The number of halogens is 3. The fourth-order valence-corrected chi connectivity index (χ4v) is 3.11. The Bertz CT molecular complexity index is 749. The number of aromatic nitrogens is 1. The highest BCUT2D eigenvalue weighted by Gasteiger charge is 2.37. The highest BCUT2D eigenvalue weighted by atomic mass is 19.4. The van der Waals surface area contributed by atoms with Crippen molar-refractivity contribution in [2.45, 2.75) is 31.2 Å². The zero-order chi connectivity index (χ0) is 18.0. The fourth-order valence-electron chi connectivity index (χ4n) is 3.11. The van der Waals surface area contributed by atoms with E-state index >= 15 is 0 Å². The van der Waals surface area contributed by atoms with Crippen LogP contribution in [-0.4, -0.2) is 33.5 Å². The van der Waals surface area contributed by atoms with Crippen molar-refractivity contribution >= 4 is 5.91 Å². The maximum Gasteiger partial charge on any atom is 0.416 e. The Morgan fingerprint density at radius 3 is 2.76 bits per heavy atom. The number of alkyl halides is 3. The van der Waals surface area contributed by atoms with Crippen molar-refractivity contribution in [1.29, 1.82) is 0 Å². The maximum absolute atomic E-state index is 12.9. The summed E-state index contributed by atoms with van der Waals surface area (Å²) in [6, 6.07) is 7.84. The van der Waals surface area contributed by atoms with Gasteiger partial charge in [0, 0.05) is 18.9 Å². The number of amides is 1. The molecule has 0 spiro atoms. The number of β-amino-alcohol motifs (C(OH)–C–C–N with tert-alkyl or cyclic N) is 1. The first-order chi connectivity index (χ1) is 11.8. The molecule has 1 amide bonds. The van der Waals surface area contributed by atoms with Gasteiger partial charge < -0.3 is 10.0 Å². The molecule has 25 heavy (non-hydrogen) atoms. The summed E-state index contributed by atoms with van der Waals surface area (Å²) in [6.07, 6.45) is -1.71. The lowest BCUT2D eigenvalue weighted by atomic mass is 10.0. The summed E-state index contributed by atoms with van der Waals surface area (Å²) in [5.41, 5.74) is 0.341. The van der Waals surface area contributed by atoms with Crippen LogP contribution in [0.3, 0.4) is 0 Å². The second-order valence-electron chi connectivity index (χ2n) is 6.11. The van der Waals surface area contributed by atoms with Gasteiger partial charge in [0.1, 0.15) is 0 Å². The van der Waals surface area contributed by atoms with Crippen molar-refractivity contribution in [1.82, 2.24) is 9.88 Å². The molecule has 1 aliphatic heterocycles. The smallest absolute Gasteiger partial charge is 0.391 e. The number of hydrogen-bond donors (Lipinski definition) is 1. The molecule has 2 aromatic rings. The van der Waals surface area contributed by atoms with E-state index in [0.717, 1.165) is 17.7 Å². The van der Waals surface area contributed by atoms with Crippen LogP contribution in [0.5, 0.6) is 0 Å². The highest BCUT2D eigenvalue weighted by Crippen LogP contribution is 2.36. The topological polar surface area (TPSA) is 53.4 Å². The molecule has 1 saturated heterocycles. The van der Waals surface area contributed by atoms with Gasteiger partial charge in [-0.1, -0.05) is 18.2 Å². The van der Waals surface area contributed by atoms with Crippen LogP contribution in [0.4, 0.5) is 13.2 Å². The van der Waals surface area contributed by atoms with Crippen LogP contribution in [-0.2, 0) is 17.4 Å². The number of aliphatic hydroxyl groups excluding tert-OH is 1. The molecule has 1 aromatic carbocycles. The minimum Gasteiger partial charge on any atom is -0.391 e. The molecular weight excluding hydrogens is 333 g/mol. The maximum atomic E-state index is 12.9.